The lowest BCUT2D eigenvalue weighted by Crippen LogP contribution is -2.32. The van der Waals surface area contributed by atoms with E-state index in [4.69, 9.17) is 18.0 Å². The average Bonchev–Trinajstić information content (AvgIpc) is 2.16. The molecule has 2 N–H and O–H groups in total. The summed E-state index contributed by atoms with van der Waals surface area (Å²) < 4.78 is 1.58. The molecule has 88 valence electrons. The highest BCUT2D eigenvalue weighted by Gasteiger charge is 2.21. The van der Waals surface area contributed by atoms with E-state index in [-0.39, 0.29) is 11.0 Å². The van der Waals surface area contributed by atoms with E-state index in [0.29, 0.717) is 11.5 Å². The summed E-state index contributed by atoms with van der Waals surface area (Å²) in [6, 6.07) is 1.52. The SMILES string of the molecule is Cc1cc(=O)n(CCC(C)(C)C(N)=S)cn1. The Bertz CT molecular complexity index is 451. The highest BCUT2D eigenvalue weighted by Crippen LogP contribution is 2.20. The Morgan fingerprint density at radius 1 is 1.62 bits per heavy atom. The van der Waals surface area contributed by atoms with Gasteiger partial charge >= 0.3 is 0 Å². The van der Waals surface area contributed by atoms with Gasteiger partial charge in [0.2, 0.25) is 0 Å². The first-order valence-corrected chi connectivity index (χ1v) is 5.57. The van der Waals surface area contributed by atoms with E-state index in [2.05, 4.69) is 4.98 Å². The van der Waals surface area contributed by atoms with Crippen LogP contribution in [0.1, 0.15) is 26.0 Å². The maximum absolute atomic E-state index is 11.6. The number of aromatic nitrogens is 2. The molecule has 5 heteroatoms. The van der Waals surface area contributed by atoms with Gasteiger partial charge in [0.25, 0.3) is 5.56 Å². The molecule has 1 aromatic heterocycles. The van der Waals surface area contributed by atoms with Crippen molar-refractivity contribution in [2.75, 3.05) is 0 Å². The van der Waals surface area contributed by atoms with Crippen molar-refractivity contribution >= 4 is 17.2 Å². The van der Waals surface area contributed by atoms with Crippen molar-refractivity contribution in [3.05, 3.63) is 28.4 Å². The van der Waals surface area contributed by atoms with Gasteiger partial charge in [-0.05, 0) is 13.3 Å². The molecule has 0 atom stereocenters. The van der Waals surface area contributed by atoms with Crippen LogP contribution in [0.3, 0.4) is 0 Å². The molecule has 16 heavy (non-hydrogen) atoms. The first-order valence-electron chi connectivity index (χ1n) is 5.16. The van der Waals surface area contributed by atoms with Crippen LogP contribution in [0.5, 0.6) is 0 Å². The molecule has 0 radical (unpaired) electrons. The average molecular weight is 239 g/mol. The topological polar surface area (TPSA) is 60.9 Å². The summed E-state index contributed by atoms with van der Waals surface area (Å²) in [4.78, 5) is 16.1. The van der Waals surface area contributed by atoms with E-state index in [1.54, 1.807) is 17.8 Å². The van der Waals surface area contributed by atoms with Crippen LogP contribution < -0.4 is 11.3 Å². The van der Waals surface area contributed by atoms with E-state index < -0.39 is 0 Å². The van der Waals surface area contributed by atoms with Crippen LogP contribution in [-0.2, 0) is 6.54 Å². The fraction of sp³-hybridized carbons (Fsp3) is 0.545. The highest BCUT2D eigenvalue weighted by atomic mass is 32.1. The summed E-state index contributed by atoms with van der Waals surface area (Å²) >= 11 is 4.98. The standard InChI is InChI=1S/C11H17N3OS/c1-8-6-9(15)14(7-13-8)5-4-11(2,3)10(12)16/h6-7H,4-5H2,1-3H3,(H2,12,16). The maximum Gasteiger partial charge on any atom is 0.253 e. The molecule has 0 aromatic carbocycles. The third kappa shape index (κ3) is 3.13. The Hall–Kier alpha value is -1.23. The van der Waals surface area contributed by atoms with Crippen molar-refractivity contribution in [1.29, 1.82) is 0 Å². The summed E-state index contributed by atoms with van der Waals surface area (Å²) in [5.41, 5.74) is 6.08. The highest BCUT2D eigenvalue weighted by molar-refractivity contribution is 7.80. The molecule has 0 saturated carbocycles. The Morgan fingerprint density at radius 2 is 2.25 bits per heavy atom. The second-order valence-corrected chi connectivity index (χ2v) is 5.00. The van der Waals surface area contributed by atoms with Crippen LogP contribution in [-0.4, -0.2) is 14.5 Å². The third-order valence-corrected chi connectivity index (χ3v) is 3.21. The molecular formula is C11H17N3OS. The molecule has 0 spiro atoms. The third-order valence-electron chi connectivity index (χ3n) is 2.66. The van der Waals surface area contributed by atoms with Crippen LogP contribution in [0.25, 0.3) is 0 Å². The summed E-state index contributed by atoms with van der Waals surface area (Å²) in [6.45, 7) is 6.32. The lowest BCUT2D eigenvalue weighted by Gasteiger charge is -2.23. The summed E-state index contributed by atoms with van der Waals surface area (Å²) in [5.74, 6) is 0. The first kappa shape index (κ1) is 12.8. The van der Waals surface area contributed by atoms with Gasteiger partial charge in [-0.25, -0.2) is 4.98 Å². The van der Waals surface area contributed by atoms with Crippen LogP contribution in [0.15, 0.2) is 17.2 Å². The van der Waals surface area contributed by atoms with Gasteiger partial charge < -0.3 is 5.73 Å². The molecule has 1 heterocycles. The number of hydrogen-bond acceptors (Lipinski definition) is 3. The van der Waals surface area contributed by atoms with Gasteiger partial charge in [-0.3, -0.25) is 9.36 Å². The van der Waals surface area contributed by atoms with Crippen LogP contribution >= 0.6 is 12.2 Å². The zero-order valence-electron chi connectivity index (χ0n) is 9.86. The molecule has 1 rings (SSSR count). The lowest BCUT2D eigenvalue weighted by molar-refractivity contribution is 0.428. The van der Waals surface area contributed by atoms with Gasteiger partial charge in [-0.2, -0.15) is 0 Å². The zero-order valence-corrected chi connectivity index (χ0v) is 10.7. The van der Waals surface area contributed by atoms with Crippen LogP contribution in [0.2, 0.25) is 0 Å². The fourth-order valence-electron chi connectivity index (χ4n) is 1.21. The van der Waals surface area contributed by atoms with E-state index in [1.165, 1.54) is 6.07 Å². The molecule has 1 aromatic rings. The maximum atomic E-state index is 11.6. The number of thiocarbonyl (C=S) groups is 1. The van der Waals surface area contributed by atoms with Gasteiger partial charge in [0.15, 0.2) is 0 Å². The van der Waals surface area contributed by atoms with Gasteiger partial charge in [-0.1, -0.05) is 26.1 Å². The van der Waals surface area contributed by atoms with Crippen molar-refractivity contribution in [3.63, 3.8) is 0 Å². The second-order valence-electron chi connectivity index (χ2n) is 4.56. The Morgan fingerprint density at radius 3 is 2.75 bits per heavy atom. The Balaban J connectivity index is 2.76. The number of hydrogen-bond donors (Lipinski definition) is 1. The molecule has 0 bridgehead atoms. The number of nitrogens with two attached hydrogens (primary N) is 1. The van der Waals surface area contributed by atoms with Crippen molar-refractivity contribution in [2.45, 2.75) is 33.7 Å². The van der Waals surface area contributed by atoms with E-state index in [1.807, 2.05) is 13.8 Å². The summed E-state index contributed by atoms with van der Waals surface area (Å²) in [7, 11) is 0. The molecule has 4 nitrogen and oxygen atoms in total. The molecule has 0 aliphatic heterocycles. The van der Waals surface area contributed by atoms with Gasteiger partial charge in [0, 0.05) is 23.7 Å². The molecule has 0 unspecified atom stereocenters. The van der Waals surface area contributed by atoms with Crippen LogP contribution in [0.4, 0.5) is 0 Å². The van der Waals surface area contributed by atoms with E-state index in [9.17, 15) is 4.79 Å². The quantitative estimate of drug-likeness (QED) is 0.803. The molecular weight excluding hydrogens is 222 g/mol. The van der Waals surface area contributed by atoms with Crippen molar-refractivity contribution < 1.29 is 0 Å². The van der Waals surface area contributed by atoms with Crippen molar-refractivity contribution in [2.24, 2.45) is 11.1 Å². The largest absolute Gasteiger partial charge is 0.393 e. The predicted octanol–water partition coefficient (Wildman–Crippen LogP) is 1.25. The van der Waals surface area contributed by atoms with Gasteiger partial charge in [0.1, 0.15) is 0 Å². The van der Waals surface area contributed by atoms with Gasteiger partial charge in [0.05, 0.1) is 11.3 Å². The second kappa shape index (κ2) is 4.74. The molecule has 0 aliphatic rings. The van der Waals surface area contributed by atoms with E-state index in [0.717, 1.165) is 12.1 Å². The minimum atomic E-state index is -0.236. The van der Waals surface area contributed by atoms with Crippen molar-refractivity contribution in [3.8, 4) is 0 Å². The molecule has 0 fully saturated rings. The van der Waals surface area contributed by atoms with E-state index >= 15 is 0 Å². The molecule has 0 saturated heterocycles. The van der Waals surface area contributed by atoms with Crippen molar-refractivity contribution in [1.82, 2.24) is 9.55 Å². The smallest absolute Gasteiger partial charge is 0.253 e. The summed E-state index contributed by atoms with van der Waals surface area (Å²) in [6.07, 6.45) is 2.29. The normalized spacial score (nSPS) is 11.4. The number of rotatable bonds is 4. The van der Waals surface area contributed by atoms with Crippen LogP contribution in [0, 0.1) is 12.3 Å². The minimum Gasteiger partial charge on any atom is -0.393 e. The van der Waals surface area contributed by atoms with Gasteiger partial charge in [-0.15, -0.1) is 0 Å². The monoisotopic (exact) mass is 239 g/mol. The fourth-order valence-corrected chi connectivity index (χ4v) is 1.31. The number of aryl methyl sites for hydroxylation is 2. The number of nitrogens with zero attached hydrogens (tertiary/aromatic N) is 2. The molecule has 0 aliphatic carbocycles. The summed E-state index contributed by atoms with van der Waals surface area (Å²) in [5, 5.41) is 0. The Kier molecular flexibility index (Phi) is 3.80. The molecule has 0 amide bonds. The Labute approximate surface area is 100 Å². The first-order chi connectivity index (χ1) is 7.33. The minimum absolute atomic E-state index is 0.0359. The zero-order chi connectivity index (χ0) is 12.3. The predicted molar refractivity (Wildman–Crippen MR) is 68.4 cm³/mol. The lowest BCUT2D eigenvalue weighted by atomic mass is 9.89.